The van der Waals surface area contributed by atoms with E-state index in [1.807, 2.05) is 6.07 Å². The highest BCUT2D eigenvalue weighted by Crippen LogP contribution is 2.48. The molecule has 0 radical (unpaired) electrons. The molecule has 3 unspecified atom stereocenters. The molecule has 30 heavy (non-hydrogen) atoms. The van der Waals surface area contributed by atoms with Crippen LogP contribution >= 0.6 is 11.6 Å². The van der Waals surface area contributed by atoms with Crippen molar-refractivity contribution in [1.82, 2.24) is 10.3 Å². The van der Waals surface area contributed by atoms with Crippen LogP contribution in [0.15, 0.2) is 54.7 Å². The maximum atomic E-state index is 13.7. The third kappa shape index (κ3) is 3.40. The van der Waals surface area contributed by atoms with Crippen LogP contribution in [0.2, 0.25) is 5.02 Å². The van der Waals surface area contributed by atoms with Gasteiger partial charge in [0.2, 0.25) is 5.91 Å². The number of amides is 1. The molecule has 1 saturated carbocycles. The Morgan fingerprint density at radius 3 is 2.63 bits per heavy atom. The molecule has 0 spiro atoms. The fourth-order valence-corrected chi connectivity index (χ4v) is 4.74. The first kappa shape index (κ1) is 19.3. The average molecular weight is 426 g/mol. The number of nitrogens with zero attached hydrogens (tertiary/aromatic N) is 2. The number of piperidine rings is 1. The summed E-state index contributed by atoms with van der Waals surface area (Å²) in [4.78, 5) is 19.3. The van der Waals surface area contributed by atoms with Crippen LogP contribution in [0.4, 0.5) is 10.1 Å². The van der Waals surface area contributed by atoms with Crippen LogP contribution in [0.1, 0.15) is 11.5 Å². The Kier molecular flexibility index (Phi) is 4.83. The van der Waals surface area contributed by atoms with Gasteiger partial charge in [-0.15, -0.1) is 0 Å². The molecule has 7 heteroatoms. The summed E-state index contributed by atoms with van der Waals surface area (Å²) in [5.41, 5.74) is 2.50. The van der Waals surface area contributed by atoms with Crippen molar-refractivity contribution < 1.29 is 14.3 Å². The molecule has 3 aromatic rings. The third-order valence-electron chi connectivity index (χ3n) is 6.30. The van der Waals surface area contributed by atoms with E-state index >= 15 is 0 Å². The number of carbonyl (C=O) groups is 1. The number of benzene rings is 2. The highest BCUT2D eigenvalue weighted by Gasteiger charge is 2.56. The normalized spacial score (nSPS) is 23.3. The smallest absolute Gasteiger partial charge is 0.230 e. The summed E-state index contributed by atoms with van der Waals surface area (Å²) in [6.45, 7) is 1.35. The van der Waals surface area contributed by atoms with Gasteiger partial charge in [0.1, 0.15) is 5.82 Å². The highest BCUT2D eigenvalue weighted by atomic mass is 35.5. The van der Waals surface area contributed by atoms with Gasteiger partial charge in [0.25, 0.3) is 0 Å². The van der Waals surface area contributed by atoms with Gasteiger partial charge in [-0.2, -0.15) is 0 Å². The second-order valence-electron chi connectivity index (χ2n) is 8.05. The van der Waals surface area contributed by atoms with Crippen LogP contribution < -0.4 is 10.2 Å². The molecular formula is C23H21ClFN3O2. The number of nitrogens with one attached hydrogen (secondary N) is 1. The Balaban J connectivity index is 1.25. The van der Waals surface area contributed by atoms with Crippen LogP contribution in [0, 0.1) is 17.7 Å². The number of carbonyl (C=O) groups excluding carboxylic acids is 1. The molecule has 154 valence electrons. The number of rotatable bonds is 5. The molecule has 2 fully saturated rings. The summed E-state index contributed by atoms with van der Waals surface area (Å²) in [5, 5.41) is 14.2. The number of hydrogen-bond acceptors (Lipinski definition) is 4. The van der Waals surface area contributed by atoms with Gasteiger partial charge in [0, 0.05) is 53.3 Å². The van der Waals surface area contributed by atoms with Gasteiger partial charge in [-0.3, -0.25) is 9.78 Å². The van der Waals surface area contributed by atoms with E-state index in [2.05, 4.69) is 15.2 Å². The molecule has 1 saturated heterocycles. The molecule has 2 heterocycles. The lowest BCUT2D eigenvalue weighted by Gasteiger charge is -2.24. The van der Waals surface area contributed by atoms with Crippen LogP contribution in [0.5, 0.6) is 0 Å². The zero-order chi connectivity index (χ0) is 20.8. The van der Waals surface area contributed by atoms with Crippen molar-refractivity contribution in [3.05, 3.63) is 71.1 Å². The molecule has 0 bridgehead atoms. The average Bonchev–Trinajstić information content (AvgIpc) is 3.18. The van der Waals surface area contributed by atoms with E-state index in [0.717, 1.165) is 35.2 Å². The molecule has 2 aromatic carbocycles. The van der Waals surface area contributed by atoms with Crippen molar-refractivity contribution >= 4 is 34.1 Å². The lowest BCUT2D eigenvalue weighted by atomic mass is 9.99. The standard InChI is InChI=1S/C23H21ClFN3O2/c24-14-3-1-13(2-4-14)19(12-29)23(30)27-22-17-10-28(11-18(17)22)21-7-8-26-20-6-5-15(25)9-16(20)21/h1-9,17-19,22,29H,10-12H2,(H,27,30)/t17-,18?,19?,22?/m1/s1. The number of aliphatic hydroxyl groups is 1. The van der Waals surface area contributed by atoms with E-state index in [-0.39, 0.29) is 24.4 Å². The Labute approximate surface area is 178 Å². The quantitative estimate of drug-likeness (QED) is 0.658. The molecule has 1 aliphatic heterocycles. The van der Waals surface area contributed by atoms with Crippen molar-refractivity contribution in [3.63, 3.8) is 0 Å². The van der Waals surface area contributed by atoms with E-state index in [1.54, 1.807) is 36.5 Å². The van der Waals surface area contributed by atoms with Gasteiger partial charge in [-0.1, -0.05) is 23.7 Å². The topological polar surface area (TPSA) is 65.5 Å². The number of fused-ring (bicyclic) bond motifs is 2. The van der Waals surface area contributed by atoms with Crippen molar-refractivity contribution in [2.75, 3.05) is 24.6 Å². The summed E-state index contributed by atoms with van der Waals surface area (Å²) in [5.74, 6) is -0.330. The Bertz CT molecular complexity index is 1100. The predicted molar refractivity (Wildman–Crippen MR) is 114 cm³/mol. The molecule has 5 nitrogen and oxygen atoms in total. The second kappa shape index (κ2) is 7.52. The van der Waals surface area contributed by atoms with Crippen molar-refractivity contribution in [3.8, 4) is 0 Å². The Morgan fingerprint density at radius 1 is 1.20 bits per heavy atom. The number of anilines is 1. The van der Waals surface area contributed by atoms with Gasteiger partial charge >= 0.3 is 0 Å². The minimum absolute atomic E-state index is 0.111. The maximum Gasteiger partial charge on any atom is 0.230 e. The number of aliphatic hydroxyl groups excluding tert-OH is 1. The summed E-state index contributed by atoms with van der Waals surface area (Å²) in [6, 6.07) is 13.7. The number of hydrogen-bond donors (Lipinski definition) is 2. The molecule has 2 N–H and O–H groups in total. The van der Waals surface area contributed by atoms with Gasteiger partial charge in [0.05, 0.1) is 18.0 Å². The van der Waals surface area contributed by atoms with E-state index < -0.39 is 5.92 Å². The molecular weight excluding hydrogens is 405 g/mol. The fraction of sp³-hybridized carbons (Fsp3) is 0.304. The SMILES string of the molecule is O=C(NC1C2CN(c3ccnc4ccc(F)cc34)C[C@H]21)C(CO)c1ccc(Cl)cc1. The number of halogens is 2. The first-order valence-corrected chi connectivity index (χ1v) is 10.4. The summed E-state index contributed by atoms with van der Waals surface area (Å²) in [7, 11) is 0. The van der Waals surface area contributed by atoms with Crippen molar-refractivity contribution in [1.29, 1.82) is 0 Å². The van der Waals surface area contributed by atoms with Crippen LogP contribution in [-0.4, -0.2) is 41.7 Å². The first-order valence-electron chi connectivity index (χ1n) is 10.0. The Hall–Kier alpha value is -2.70. The second-order valence-corrected chi connectivity index (χ2v) is 8.48. The van der Waals surface area contributed by atoms with Crippen LogP contribution in [0.25, 0.3) is 10.9 Å². The lowest BCUT2D eigenvalue weighted by Crippen LogP contribution is -2.38. The van der Waals surface area contributed by atoms with Gasteiger partial charge < -0.3 is 15.3 Å². The number of pyridine rings is 1. The predicted octanol–water partition coefficient (Wildman–Crippen LogP) is 3.35. The largest absolute Gasteiger partial charge is 0.395 e. The van der Waals surface area contributed by atoms with Crippen LogP contribution in [-0.2, 0) is 4.79 Å². The molecule has 4 atom stereocenters. The van der Waals surface area contributed by atoms with Crippen molar-refractivity contribution in [2.24, 2.45) is 11.8 Å². The summed E-state index contributed by atoms with van der Waals surface area (Å²) in [6.07, 6.45) is 1.75. The van der Waals surface area contributed by atoms with E-state index in [0.29, 0.717) is 16.9 Å². The zero-order valence-electron chi connectivity index (χ0n) is 16.1. The summed E-state index contributed by atoms with van der Waals surface area (Å²) >= 11 is 5.91. The van der Waals surface area contributed by atoms with Gasteiger partial charge in [-0.05, 0) is 42.0 Å². The molecule has 1 amide bonds. The van der Waals surface area contributed by atoms with Crippen molar-refractivity contribution in [2.45, 2.75) is 12.0 Å². The minimum Gasteiger partial charge on any atom is -0.395 e. The molecule has 2 aliphatic rings. The summed E-state index contributed by atoms with van der Waals surface area (Å²) < 4.78 is 13.7. The van der Waals surface area contributed by atoms with E-state index in [1.165, 1.54) is 12.1 Å². The maximum absolute atomic E-state index is 13.7. The lowest BCUT2D eigenvalue weighted by molar-refractivity contribution is -0.123. The monoisotopic (exact) mass is 425 g/mol. The van der Waals surface area contributed by atoms with E-state index in [9.17, 15) is 14.3 Å². The minimum atomic E-state index is -0.605. The molecule has 5 rings (SSSR count). The van der Waals surface area contributed by atoms with E-state index in [4.69, 9.17) is 11.6 Å². The van der Waals surface area contributed by atoms with Gasteiger partial charge in [-0.25, -0.2) is 4.39 Å². The van der Waals surface area contributed by atoms with Gasteiger partial charge in [0.15, 0.2) is 0 Å². The first-order chi connectivity index (χ1) is 14.5. The third-order valence-corrected chi connectivity index (χ3v) is 6.55. The molecule has 1 aliphatic carbocycles. The zero-order valence-corrected chi connectivity index (χ0v) is 16.9. The Morgan fingerprint density at radius 2 is 1.93 bits per heavy atom. The highest BCUT2D eigenvalue weighted by molar-refractivity contribution is 6.30. The fourth-order valence-electron chi connectivity index (χ4n) is 4.62. The van der Waals surface area contributed by atoms with Crippen LogP contribution in [0.3, 0.4) is 0 Å². The molecule has 1 aromatic heterocycles. The number of aromatic nitrogens is 1.